The third-order valence-electron chi connectivity index (χ3n) is 2.27. The SMILES string of the molecule is Nc1ccc(NC(=O)c2cncs2)cc1C(F)(F)F. The lowest BCUT2D eigenvalue weighted by molar-refractivity contribution is -0.136. The van der Waals surface area contributed by atoms with Crippen LogP contribution in [0.5, 0.6) is 0 Å². The summed E-state index contributed by atoms with van der Waals surface area (Å²) in [4.78, 5) is 15.7. The fourth-order valence-electron chi connectivity index (χ4n) is 1.40. The van der Waals surface area contributed by atoms with Gasteiger partial charge in [0.25, 0.3) is 5.91 Å². The van der Waals surface area contributed by atoms with Crippen LogP contribution >= 0.6 is 11.3 Å². The summed E-state index contributed by atoms with van der Waals surface area (Å²) in [6, 6.07) is 3.21. The van der Waals surface area contributed by atoms with Crippen molar-refractivity contribution in [1.29, 1.82) is 0 Å². The van der Waals surface area contributed by atoms with Crippen molar-refractivity contribution < 1.29 is 18.0 Å². The van der Waals surface area contributed by atoms with Crippen molar-refractivity contribution >= 4 is 28.6 Å². The molecule has 1 amide bonds. The normalized spacial score (nSPS) is 11.3. The zero-order valence-electron chi connectivity index (χ0n) is 9.36. The standard InChI is InChI=1S/C11H8F3N3OS/c12-11(13,14)7-3-6(1-2-8(7)15)17-10(18)9-4-16-5-19-9/h1-5H,15H2,(H,17,18). The van der Waals surface area contributed by atoms with Crippen molar-refractivity contribution in [2.45, 2.75) is 6.18 Å². The van der Waals surface area contributed by atoms with Gasteiger partial charge in [-0.2, -0.15) is 13.2 Å². The highest BCUT2D eigenvalue weighted by molar-refractivity contribution is 7.11. The molecule has 3 N–H and O–H groups in total. The van der Waals surface area contributed by atoms with Crippen LogP contribution in [0.25, 0.3) is 0 Å². The van der Waals surface area contributed by atoms with Crippen molar-refractivity contribution in [3.8, 4) is 0 Å². The highest BCUT2D eigenvalue weighted by atomic mass is 32.1. The number of alkyl halides is 3. The second-order valence-electron chi connectivity index (χ2n) is 3.62. The Hall–Kier alpha value is -2.09. The molecule has 0 bridgehead atoms. The number of nitrogens with two attached hydrogens (primary N) is 1. The van der Waals surface area contributed by atoms with Crippen LogP contribution in [0.1, 0.15) is 15.2 Å². The van der Waals surface area contributed by atoms with E-state index in [2.05, 4.69) is 10.3 Å². The summed E-state index contributed by atoms with van der Waals surface area (Å²) in [5.41, 5.74) is 5.38. The second-order valence-corrected chi connectivity index (χ2v) is 4.51. The predicted molar refractivity (Wildman–Crippen MR) is 65.9 cm³/mol. The van der Waals surface area contributed by atoms with Crippen LogP contribution in [0.15, 0.2) is 29.9 Å². The molecule has 100 valence electrons. The summed E-state index contributed by atoms with van der Waals surface area (Å²) in [5, 5.41) is 2.36. The Morgan fingerprint density at radius 1 is 1.37 bits per heavy atom. The number of aromatic nitrogens is 1. The minimum atomic E-state index is -4.56. The van der Waals surface area contributed by atoms with E-state index in [4.69, 9.17) is 5.73 Å². The number of hydrogen-bond acceptors (Lipinski definition) is 4. The molecule has 19 heavy (non-hydrogen) atoms. The number of thiazole rings is 1. The number of nitrogens with one attached hydrogen (secondary N) is 1. The fourth-order valence-corrected chi connectivity index (χ4v) is 1.92. The van der Waals surface area contributed by atoms with Crippen molar-refractivity contribution in [2.75, 3.05) is 11.1 Å². The van der Waals surface area contributed by atoms with Gasteiger partial charge in [0.05, 0.1) is 17.3 Å². The van der Waals surface area contributed by atoms with Gasteiger partial charge in [-0.15, -0.1) is 11.3 Å². The number of rotatable bonds is 2. The van der Waals surface area contributed by atoms with E-state index < -0.39 is 17.6 Å². The Bertz CT molecular complexity index is 596. The Balaban J connectivity index is 2.25. The van der Waals surface area contributed by atoms with Gasteiger partial charge in [-0.1, -0.05) is 0 Å². The van der Waals surface area contributed by atoms with Crippen LogP contribution in [-0.2, 0) is 6.18 Å². The maximum Gasteiger partial charge on any atom is 0.418 e. The average molecular weight is 287 g/mol. The minimum Gasteiger partial charge on any atom is -0.398 e. The summed E-state index contributed by atoms with van der Waals surface area (Å²) < 4.78 is 37.9. The molecule has 0 atom stereocenters. The lowest BCUT2D eigenvalue weighted by atomic mass is 10.1. The number of carbonyl (C=O) groups is 1. The van der Waals surface area contributed by atoms with Gasteiger partial charge in [-0.25, -0.2) is 0 Å². The molecular weight excluding hydrogens is 279 g/mol. The van der Waals surface area contributed by atoms with Gasteiger partial charge in [0.15, 0.2) is 0 Å². The van der Waals surface area contributed by atoms with Crippen LogP contribution in [0.4, 0.5) is 24.5 Å². The molecular formula is C11H8F3N3OS. The van der Waals surface area contributed by atoms with E-state index in [1.54, 1.807) is 0 Å². The third kappa shape index (κ3) is 3.02. The molecule has 4 nitrogen and oxygen atoms in total. The van der Waals surface area contributed by atoms with E-state index in [1.165, 1.54) is 17.8 Å². The smallest absolute Gasteiger partial charge is 0.398 e. The molecule has 0 spiro atoms. The summed E-state index contributed by atoms with van der Waals surface area (Å²) >= 11 is 1.09. The third-order valence-corrected chi connectivity index (χ3v) is 3.04. The lowest BCUT2D eigenvalue weighted by Gasteiger charge is -2.12. The summed E-state index contributed by atoms with van der Waals surface area (Å²) in [6.07, 6.45) is -3.22. The van der Waals surface area contributed by atoms with Gasteiger partial charge in [0.2, 0.25) is 0 Å². The summed E-state index contributed by atoms with van der Waals surface area (Å²) in [6.45, 7) is 0. The number of carbonyl (C=O) groups excluding carboxylic acids is 1. The Kier molecular flexibility index (Phi) is 3.43. The van der Waals surface area contributed by atoms with Gasteiger partial charge >= 0.3 is 6.18 Å². The van der Waals surface area contributed by atoms with Crippen molar-refractivity contribution in [3.05, 3.63) is 40.3 Å². The summed E-state index contributed by atoms with van der Waals surface area (Å²) in [7, 11) is 0. The molecule has 2 rings (SSSR count). The van der Waals surface area contributed by atoms with Crippen LogP contribution in [-0.4, -0.2) is 10.9 Å². The highest BCUT2D eigenvalue weighted by Gasteiger charge is 2.33. The molecule has 0 aliphatic rings. The first kappa shape index (κ1) is 13.3. The van der Waals surface area contributed by atoms with E-state index in [-0.39, 0.29) is 11.4 Å². The molecule has 0 fully saturated rings. The van der Waals surface area contributed by atoms with Crippen molar-refractivity contribution in [1.82, 2.24) is 4.98 Å². The second kappa shape index (κ2) is 4.88. The van der Waals surface area contributed by atoms with Crippen LogP contribution in [0, 0.1) is 0 Å². The number of anilines is 2. The first-order valence-electron chi connectivity index (χ1n) is 5.04. The molecule has 1 heterocycles. The predicted octanol–water partition coefficient (Wildman–Crippen LogP) is 3.00. The van der Waals surface area contributed by atoms with Crippen LogP contribution < -0.4 is 11.1 Å². The first-order valence-corrected chi connectivity index (χ1v) is 5.92. The van der Waals surface area contributed by atoms with E-state index in [1.807, 2.05) is 0 Å². The number of hydrogen-bond donors (Lipinski definition) is 2. The van der Waals surface area contributed by atoms with E-state index in [9.17, 15) is 18.0 Å². The maximum atomic E-state index is 12.6. The van der Waals surface area contributed by atoms with Gasteiger partial charge in [-0.05, 0) is 18.2 Å². The Morgan fingerprint density at radius 2 is 2.11 bits per heavy atom. The quantitative estimate of drug-likeness (QED) is 0.834. The fraction of sp³-hybridized carbons (Fsp3) is 0.0909. The minimum absolute atomic E-state index is 0.0277. The topological polar surface area (TPSA) is 68.0 Å². The maximum absolute atomic E-state index is 12.6. The zero-order valence-corrected chi connectivity index (χ0v) is 10.2. The number of nitrogen functional groups attached to an aromatic ring is 1. The molecule has 2 aromatic rings. The van der Waals surface area contributed by atoms with Gasteiger partial charge in [0.1, 0.15) is 4.88 Å². The Labute approximate surface area is 110 Å². The van der Waals surface area contributed by atoms with Gasteiger partial charge in [-0.3, -0.25) is 9.78 Å². The van der Waals surface area contributed by atoms with Gasteiger partial charge in [0, 0.05) is 11.4 Å². The molecule has 0 aliphatic carbocycles. The van der Waals surface area contributed by atoms with Crippen LogP contribution in [0.2, 0.25) is 0 Å². The molecule has 0 radical (unpaired) electrons. The van der Waals surface area contributed by atoms with Crippen molar-refractivity contribution in [3.63, 3.8) is 0 Å². The molecule has 1 aromatic heterocycles. The first-order chi connectivity index (χ1) is 8.88. The molecule has 0 saturated heterocycles. The van der Waals surface area contributed by atoms with Gasteiger partial charge < -0.3 is 11.1 Å². The molecule has 1 aromatic carbocycles. The van der Waals surface area contributed by atoms with Crippen molar-refractivity contribution in [2.24, 2.45) is 0 Å². The molecule has 0 aliphatic heterocycles. The zero-order chi connectivity index (χ0) is 14.0. The molecule has 0 saturated carbocycles. The average Bonchev–Trinajstić information content (AvgIpc) is 2.83. The number of nitrogens with zero attached hydrogens (tertiary/aromatic N) is 1. The monoisotopic (exact) mass is 287 g/mol. The van der Waals surface area contributed by atoms with E-state index in [0.717, 1.165) is 23.5 Å². The number of amides is 1. The Morgan fingerprint density at radius 3 is 2.68 bits per heavy atom. The number of halogens is 3. The molecule has 8 heteroatoms. The van der Waals surface area contributed by atoms with E-state index >= 15 is 0 Å². The highest BCUT2D eigenvalue weighted by Crippen LogP contribution is 2.35. The summed E-state index contributed by atoms with van der Waals surface area (Å²) in [5.74, 6) is -0.514. The number of benzene rings is 1. The molecule has 0 unspecified atom stereocenters. The van der Waals surface area contributed by atoms with Crippen LogP contribution in [0.3, 0.4) is 0 Å². The lowest BCUT2D eigenvalue weighted by Crippen LogP contribution is -2.13. The van der Waals surface area contributed by atoms with E-state index in [0.29, 0.717) is 4.88 Å². The largest absolute Gasteiger partial charge is 0.418 e.